The lowest BCUT2D eigenvalue weighted by Crippen LogP contribution is -2.39. The first-order chi connectivity index (χ1) is 12.9. The van der Waals surface area contributed by atoms with Crippen molar-refractivity contribution in [2.75, 3.05) is 11.6 Å². The van der Waals surface area contributed by atoms with Crippen LogP contribution >= 0.6 is 0 Å². The van der Waals surface area contributed by atoms with E-state index in [1.165, 1.54) is 5.01 Å². The van der Waals surface area contributed by atoms with E-state index in [0.717, 1.165) is 30.4 Å². The smallest absolute Gasteiger partial charge is 0.303 e. The molecule has 0 atom stereocenters. The Morgan fingerprint density at radius 2 is 1.89 bits per heavy atom. The number of carboxylic acid groups (broad SMARTS) is 1. The van der Waals surface area contributed by atoms with E-state index < -0.39 is 5.97 Å². The topological polar surface area (TPSA) is 99.1 Å². The molecule has 27 heavy (non-hydrogen) atoms. The number of amides is 2. The van der Waals surface area contributed by atoms with Gasteiger partial charge in [-0.2, -0.15) is 5.10 Å². The summed E-state index contributed by atoms with van der Waals surface area (Å²) in [5, 5.41) is 17.1. The number of benzene rings is 1. The van der Waals surface area contributed by atoms with E-state index in [1.54, 1.807) is 0 Å². The molecule has 0 saturated heterocycles. The van der Waals surface area contributed by atoms with Gasteiger partial charge in [0.15, 0.2) is 0 Å². The maximum atomic E-state index is 12.4. The first kappa shape index (κ1) is 20.6. The van der Waals surface area contributed by atoms with Crippen LogP contribution in [0.4, 0.5) is 5.69 Å². The Bertz CT molecular complexity index is 743. The van der Waals surface area contributed by atoms with Crippen LogP contribution in [-0.2, 0) is 14.4 Å². The molecule has 0 radical (unpaired) electrons. The van der Waals surface area contributed by atoms with E-state index >= 15 is 0 Å². The van der Waals surface area contributed by atoms with E-state index in [2.05, 4.69) is 10.4 Å². The fraction of sp³-hybridized carbons (Fsp3) is 0.500. The Kier molecular flexibility index (Phi) is 7.52. The lowest BCUT2D eigenvalue weighted by Gasteiger charge is -2.24. The molecule has 0 aromatic heterocycles. The number of carboxylic acids is 1. The van der Waals surface area contributed by atoms with Crippen LogP contribution in [-0.4, -0.2) is 35.1 Å². The minimum Gasteiger partial charge on any atom is -0.481 e. The van der Waals surface area contributed by atoms with Gasteiger partial charge in [-0.25, -0.2) is 5.01 Å². The lowest BCUT2D eigenvalue weighted by atomic mass is 10.1. The quantitative estimate of drug-likeness (QED) is 0.650. The minimum absolute atomic E-state index is 0.112. The monoisotopic (exact) mass is 373 g/mol. The van der Waals surface area contributed by atoms with Crippen LogP contribution in [0.2, 0.25) is 0 Å². The van der Waals surface area contributed by atoms with Crippen molar-refractivity contribution >= 4 is 29.2 Å². The number of hydrogen-bond acceptors (Lipinski definition) is 4. The Morgan fingerprint density at radius 3 is 2.63 bits per heavy atom. The molecule has 0 fully saturated rings. The van der Waals surface area contributed by atoms with Crippen molar-refractivity contribution in [1.29, 1.82) is 0 Å². The average molecular weight is 373 g/mol. The molecular formula is C20H27N3O4. The molecule has 0 aliphatic carbocycles. The summed E-state index contributed by atoms with van der Waals surface area (Å²) in [6.45, 7) is 4.38. The normalized spacial score (nSPS) is 14.1. The highest BCUT2D eigenvalue weighted by Crippen LogP contribution is 2.25. The molecule has 1 aromatic carbocycles. The number of carbonyl (C=O) groups is 3. The van der Waals surface area contributed by atoms with E-state index in [-0.39, 0.29) is 24.7 Å². The van der Waals surface area contributed by atoms with Crippen LogP contribution in [0.15, 0.2) is 23.3 Å². The summed E-state index contributed by atoms with van der Waals surface area (Å²) < 4.78 is 0. The summed E-state index contributed by atoms with van der Waals surface area (Å²) in [6.07, 6.45) is 3.93. The predicted octanol–water partition coefficient (Wildman–Crippen LogP) is 2.94. The molecular weight excluding hydrogens is 346 g/mol. The molecule has 0 spiro atoms. The second-order valence-electron chi connectivity index (χ2n) is 6.86. The fourth-order valence-electron chi connectivity index (χ4n) is 2.91. The molecule has 1 aromatic rings. The fourth-order valence-corrected chi connectivity index (χ4v) is 2.91. The second kappa shape index (κ2) is 9.85. The standard InChI is InChI=1S/C20H27N3O4/c1-14-8-9-15(2)17(13-14)23-18(24)11-10-16(22-23)20(27)21-12-6-4-3-5-7-19(25)26/h8-9,13H,3-7,10-12H2,1-2H3,(H,21,27)(H,25,26). The third-order valence-electron chi connectivity index (χ3n) is 4.49. The highest BCUT2D eigenvalue weighted by atomic mass is 16.4. The van der Waals surface area contributed by atoms with E-state index in [9.17, 15) is 14.4 Å². The van der Waals surface area contributed by atoms with Crippen LogP contribution < -0.4 is 10.3 Å². The van der Waals surface area contributed by atoms with Crippen LogP contribution in [0.1, 0.15) is 56.1 Å². The van der Waals surface area contributed by atoms with Gasteiger partial charge in [0.25, 0.3) is 5.91 Å². The van der Waals surface area contributed by atoms with Crippen molar-refractivity contribution in [3.63, 3.8) is 0 Å². The number of aliphatic carboxylic acids is 1. The molecule has 0 unspecified atom stereocenters. The number of aryl methyl sites for hydroxylation is 2. The van der Waals surface area contributed by atoms with Gasteiger partial charge in [-0.3, -0.25) is 14.4 Å². The zero-order chi connectivity index (χ0) is 19.8. The number of carbonyl (C=O) groups excluding carboxylic acids is 2. The number of rotatable bonds is 9. The minimum atomic E-state index is -0.776. The molecule has 2 rings (SSSR count). The Labute approximate surface area is 159 Å². The third-order valence-corrected chi connectivity index (χ3v) is 4.49. The highest BCUT2D eigenvalue weighted by molar-refractivity contribution is 6.40. The number of nitrogens with zero attached hydrogens (tertiary/aromatic N) is 2. The Hall–Kier alpha value is -2.70. The Balaban J connectivity index is 1.89. The molecule has 1 heterocycles. The van der Waals surface area contributed by atoms with Gasteiger partial charge in [-0.05, 0) is 43.9 Å². The molecule has 0 saturated carbocycles. The van der Waals surface area contributed by atoms with Crippen molar-refractivity contribution in [3.8, 4) is 0 Å². The maximum absolute atomic E-state index is 12.4. The lowest BCUT2D eigenvalue weighted by molar-refractivity contribution is -0.137. The molecule has 1 aliphatic heterocycles. The molecule has 1 aliphatic rings. The molecule has 0 bridgehead atoms. The number of anilines is 1. The molecule has 7 heteroatoms. The number of hydrazone groups is 1. The van der Waals surface area contributed by atoms with Crippen LogP contribution in [0, 0.1) is 13.8 Å². The van der Waals surface area contributed by atoms with Gasteiger partial charge in [0.05, 0.1) is 5.69 Å². The highest BCUT2D eigenvalue weighted by Gasteiger charge is 2.26. The molecule has 2 amide bonds. The number of unbranched alkanes of at least 4 members (excludes halogenated alkanes) is 3. The first-order valence-electron chi connectivity index (χ1n) is 9.36. The van der Waals surface area contributed by atoms with Crippen molar-refractivity contribution in [1.82, 2.24) is 5.32 Å². The number of hydrogen-bond donors (Lipinski definition) is 2. The van der Waals surface area contributed by atoms with Crippen molar-refractivity contribution in [2.24, 2.45) is 5.10 Å². The van der Waals surface area contributed by atoms with Crippen LogP contribution in [0.25, 0.3) is 0 Å². The molecule has 2 N–H and O–H groups in total. The van der Waals surface area contributed by atoms with Gasteiger partial charge in [0, 0.05) is 25.8 Å². The molecule has 146 valence electrons. The summed E-state index contributed by atoms with van der Waals surface area (Å²) in [4.78, 5) is 35.1. The van der Waals surface area contributed by atoms with Gasteiger partial charge in [-0.15, -0.1) is 0 Å². The summed E-state index contributed by atoms with van der Waals surface area (Å²) in [7, 11) is 0. The summed E-state index contributed by atoms with van der Waals surface area (Å²) in [5.41, 5.74) is 3.03. The van der Waals surface area contributed by atoms with Crippen LogP contribution in [0.3, 0.4) is 0 Å². The zero-order valence-electron chi connectivity index (χ0n) is 16.0. The average Bonchev–Trinajstić information content (AvgIpc) is 2.63. The van der Waals surface area contributed by atoms with Crippen LogP contribution in [0.5, 0.6) is 0 Å². The first-order valence-corrected chi connectivity index (χ1v) is 9.36. The predicted molar refractivity (Wildman–Crippen MR) is 104 cm³/mol. The SMILES string of the molecule is Cc1ccc(C)c(N2N=C(C(=O)NCCCCCCC(=O)O)CCC2=O)c1. The van der Waals surface area contributed by atoms with Crippen molar-refractivity contribution < 1.29 is 19.5 Å². The third kappa shape index (κ3) is 6.20. The zero-order valence-corrected chi connectivity index (χ0v) is 16.0. The van der Waals surface area contributed by atoms with Crippen molar-refractivity contribution in [3.05, 3.63) is 29.3 Å². The van der Waals surface area contributed by atoms with Gasteiger partial charge < -0.3 is 10.4 Å². The van der Waals surface area contributed by atoms with E-state index in [0.29, 0.717) is 30.8 Å². The van der Waals surface area contributed by atoms with Gasteiger partial charge in [-0.1, -0.05) is 25.0 Å². The number of nitrogens with one attached hydrogen (secondary N) is 1. The summed E-state index contributed by atoms with van der Waals surface area (Å²) >= 11 is 0. The van der Waals surface area contributed by atoms with Gasteiger partial charge in [0.2, 0.25) is 5.91 Å². The van der Waals surface area contributed by atoms with E-state index in [1.807, 2.05) is 32.0 Å². The van der Waals surface area contributed by atoms with E-state index in [4.69, 9.17) is 5.11 Å². The summed E-state index contributed by atoms with van der Waals surface area (Å²) in [5.74, 6) is -1.14. The molecule has 7 nitrogen and oxygen atoms in total. The maximum Gasteiger partial charge on any atom is 0.303 e. The Morgan fingerprint density at radius 1 is 1.15 bits per heavy atom. The van der Waals surface area contributed by atoms with Crippen molar-refractivity contribution in [2.45, 2.75) is 58.8 Å². The van der Waals surface area contributed by atoms with Gasteiger partial charge in [0.1, 0.15) is 5.71 Å². The van der Waals surface area contributed by atoms with Gasteiger partial charge >= 0.3 is 5.97 Å². The summed E-state index contributed by atoms with van der Waals surface area (Å²) in [6, 6.07) is 5.81. The second-order valence-corrected chi connectivity index (χ2v) is 6.86. The largest absolute Gasteiger partial charge is 0.481 e.